The zero-order valence-corrected chi connectivity index (χ0v) is 17.6. The monoisotopic (exact) mass is 456 g/mol. The Kier molecular flexibility index (Phi) is 3.74. The molecule has 0 saturated heterocycles. The van der Waals surface area contributed by atoms with E-state index in [9.17, 15) is 0 Å². The second-order valence-corrected chi connectivity index (χ2v) is 8.58. The summed E-state index contributed by atoms with van der Waals surface area (Å²) < 4.78 is 7.34. The van der Waals surface area contributed by atoms with Crippen LogP contribution < -0.4 is 4.74 Å². The average Bonchev–Trinajstić information content (AvgIpc) is 2.74. The molecule has 0 unspecified atom stereocenters. The number of hydrogen-bond donors (Lipinski definition) is 0. The fourth-order valence-electron chi connectivity index (χ4n) is 4.40. The number of hydrogen-bond acceptors (Lipinski definition) is 1. The van der Waals surface area contributed by atoms with E-state index in [0.717, 1.165) is 42.7 Å². The molecule has 0 spiro atoms. The Bertz CT molecular complexity index is 1440. The first-order chi connectivity index (χ1) is 14.2. The van der Waals surface area contributed by atoms with Gasteiger partial charge in [0.2, 0.25) is 0 Å². The minimum absolute atomic E-state index is 0.735. The van der Waals surface area contributed by atoms with E-state index in [1.807, 2.05) is 24.3 Å². The predicted molar refractivity (Wildman–Crippen MR) is 125 cm³/mol. The van der Waals surface area contributed by atoms with E-state index in [1.165, 1.54) is 22.1 Å². The van der Waals surface area contributed by atoms with Crippen molar-refractivity contribution < 1.29 is 4.74 Å². The molecule has 29 heavy (non-hydrogen) atoms. The fraction of sp³-hybridized carbons (Fsp3) is 0. The van der Waals surface area contributed by atoms with E-state index >= 15 is 0 Å². The second-order valence-electron chi connectivity index (χ2n) is 7.23. The first-order valence-electron chi connectivity index (χ1n) is 9.42. The van der Waals surface area contributed by atoms with E-state index < -0.39 is 0 Å². The maximum Gasteiger partial charge on any atom is 0.136 e. The smallest absolute Gasteiger partial charge is 0.136 e. The van der Waals surface area contributed by atoms with Crippen LogP contribution in [0.5, 0.6) is 11.5 Å². The standard InChI is InChI=1S/C26H14BrClO/c27-16-9-11-20-23(13-16)29-22-8-4-7-18-21-14-17(28)10-12-19(21)24(26(20)25(18)22)15-5-2-1-3-6-15/h1-14H. The highest BCUT2D eigenvalue weighted by Gasteiger charge is 2.26. The highest BCUT2D eigenvalue weighted by Crippen LogP contribution is 2.53. The normalized spacial score (nSPS) is 12.1. The summed E-state index contributed by atoms with van der Waals surface area (Å²) in [7, 11) is 0. The molecule has 1 heterocycles. The number of fused-ring (bicyclic) bond motifs is 4. The lowest BCUT2D eigenvalue weighted by atomic mass is 9.83. The summed E-state index contributed by atoms with van der Waals surface area (Å²) in [4.78, 5) is 0. The Balaban J connectivity index is 1.91. The molecule has 0 aromatic heterocycles. The molecule has 1 aliphatic heterocycles. The molecule has 0 saturated carbocycles. The van der Waals surface area contributed by atoms with E-state index in [4.69, 9.17) is 16.3 Å². The van der Waals surface area contributed by atoms with Crippen LogP contribution >= 0.6 is 27.5 Å². The van der Waals surface area contributed by atoms with Gasteiger partial charge in [-0.3, -0.25) is 0 Å². The van der Waals surface area contributed by atoms with Gasteiger partial charge in [0.25, 0.3) is 0 Å². The van der Waals surface area contributed by atoms with Crippen LogP contribution in [0.15, 0.2) is 89.4 Å². The van der Waals surface area contributed by atoms with Gasteiger partial charge < -0.3 is 4.74 Å². The second kappa shape index (κ2) is 6.35. The van der Waals surface area contributed by atoms with Crippen LogP contribution in [0.4, 0.5) is 0 Å². The van der Waals surface area contributed by atoms with Crippen LogP contribution in [-0.4, -0.2) is 0 Å². The van der Waals surface area contributed by atoms with Crippen molar-refractivity contribution in [3.63, 3.8) is 0 Å². The third-order valence-electron chi connectivity index (χ3n) is 5.56. The zero-order chi connectivity index (χ0) is 19.5. The van der Waals surface area contributed by atoms with Crippen molar-refractivity contribution in [3.8, 4) is 33.8 Å². The maximum absolute atomic E-state index is 6.41. The Labute approximate surface area is 181 Å². The summed E-state index contributed by atoms with van der Waals surface area (Å²) in [5.74, 6) is 1.74. The Morgan fingerprint density at radius 1 is 0.655 bits per heavy atom. The third-order valence-corrected chi connectivity index (χ3v) is 6.29. The van der Waals surface area contributed by atoms with Gasteiger partial charge in [-0.1, -0.05) is 76.1 Å². The van der Waals surface area contributed by atoms with Crippen LogP contribution in [0.3, 0.4) is 0 Å². The maximum atomic E-state index is 6.41. The molecule has 0 N–H and O–H groups in total. The third kappa shape index (κ3) is 2.53. The van der Waals surface area contributed by atoms with Crippen LogP contribution in [-0.2, 0) is 0 Å². The quantitative estimate of drug-likeness (QED) is 0.224. The molecule has 0 fully saturated rings. The van der Waals surface area contributed by atoms with Crippen LogP contribution in [0.2, 0.25) is 5.02 Å². The van der Waals surface area contributed by atoms with Crippen LogP contribution in [0.1, 0.15) is 0 Å². The lowest BCUT2D eigenvalue weighted by Gasteiger charge is -2.26. The number of ether oxygens (including phenoxy) is 1. The fourth-order valence-corrected chi connectivity index (χ4v) is 4.91. The van der Waals surface area contributed by atoms with E-state index in [2.05, 4.69) is 76.6 Å². The minimum Gasteiger partial charge on any atom is -0.456 e. The average molecular weight is 458 g/mol. The molecule has 0 amide bonds. The van der Waals surface area contributed by atoms with Crippen LogP contribution in [0.25, 0.3) is 43.8 Å². The highest BCUT2D eigenvalue weighted by molar-refractivity contribution is 9.10. The highest BCUT2D eigenvalue weighted by atomic mass is 79.9. The van der Waals surface area contributed by atoms with Crippen molar-refractivity contribution in [2.24, 2.45) is 0 Å². The van der Waals surface area contributed by atoms with Gasteiger partial charge in [-0.25, -0.2) is 0 Å². The molecule has 138 valence electrons. The van der Waals surface area contributed by atoms with Crippen molar-refractivity contribution in [3.05, 3.63) is 94.4 Å². The molecule has 0 aliphatic carbocycles. The first-order valence-corrected chi connectivity index (χ1v) is 10.6. The molecule has 5 aromatic rings. The molecular weight excluding hydrogens is 444 g/mol. The summed E-state index contributed by atoms with van der Waals surface area (Å²) in [6.45, 7) is 0. The summed E-state index contributed by atoms with van der Waals surface area (Å²) in [6, 6.07) is 29.2. The summed E-state index contributed by atoms with van der Waals surface area (Å²) in [5, 5.41) is 5.36. The van der Waals surface area contributed by atoms with Crippen molar-refractivity contribution in [2.45, 2.75) is 0 Å². The molecular formula is C26H14BrClO. The molecule has 3 heteroatoms. The van der Waals surface area contributed by atoms with Crippen molar-refractivity contribution in [1.29, 1.82) is 0 Å². The van der Waals surface area contributed by atoms with Gasteiger partial charge in [-0.05, 0) is 63.7 Å². The summed E-state index contributed by atoms with van der Waals surface area (Å²) in [5.41, 5.74) is 4.71. The molecule has 0 atom stereocenters. The Morgan fingerprint density at radius 2 is 1.52 bits per heavy atom. The van der Waals surface area contributed by atoms with E-state index in [-0.39, 0.29) is 0 Å². The largest absolute Gasteiger partial charge is 0.456 e. The topological polar surface area (TPSA) is 9.23 Å². The van der Waals surface area contributed by atoms with Gasteiger partial charge in [0.05, 0.1) is 0 Å². The Morgan fingerprint density at radius 3 is 2.38 bits per heavy atom. The van der Waals surface area contributed by atoms with Gasteiger partial charge in [0.15, 0.2) is 0 Å². The number of benzene rings is 5. The van der Waals surface area contributed by atoms with Crippen molar-refractivity contribution in [1.82, 2.24) is 0 Å². The molecule has 6 rings (SSSR count). The Hall–Kier alpha value is -2.81. The van der Waals surface area contributed by atoms with Gasteiger partial charge in [0.1, 0.15) is 11.5 Å². The van der Waals surface area contributed by atoms with Gasteiger partial charge in [-0.15, -0.1) is 0 Å². The minimum atomic E-state index is 0.735. The summed E-state index contributed by atoms with van der Waals surface area (Å²) in [6.07, 6.45) is 0. The zero-order valence-electron chi connectivity index (χ0n) is 15.2. The SMILES string of the molecule is Clc1ccc2c(-c3ccccc3)c3c4c(cccc4c2c1)Oc1cc(Br)ccc1-3. The summed E-state index contributed by atoms with van der Waals surface area (Å²) >= 11 is 9.99. The van der Waals surface area contributed by atoms with Crippen LogP contribution in [0, 0.1) is 0 Å². The lowest BCUT2D eigenvalue weighted by molar-refractivity contribution is 0.487. The van der Waals surface area contributed by atoms with E-state index in [1.54, 1.807) is 0 Å². The molecule has 1 nitrogen and oxygen atoms in total. The number of rotatable bonds is 1. The molecule has 1 aliphatic rings. The molecule has 5 aromatic carbocycles. The van der Waals surface area contributed by atoms with Gasteiger partial charge in [0, 0.05) is 26.0 Å². The molecule has 0 radical (unpaired) electrons. The van der Waals surface area contributed by atoms with Gasteiger partial charge in [-0.2, -0.15) is 0 Å². The number of halogens is 2. The van der Waals surface area contributed by atoms with Crippen molar-refractivity contribution >= 4 is 49.1 Å². The van der Waals surface area contributed by atoms with Crippen molar-refractivity contribution in [2.75, 3.05) is 0 Å². The van der Waals surface area contributed by atoms with E-state index in [0.29, 0.717) is 0 Å². The lowest BCUT2D eigenvalue weighted by Crippen LogP contribution is -2.00. The molecule has 0 bridgehead atoms. The van der Waals surface area contributed by atoms with Gasteiger partial charge >= 0.3 is 0 Å². The predicted octanol–water partition coefficient (Wildman–Crippen LogP) is 8.85. The first kappa shape index (κ1) is 17.1.